The number of hydrogen-bond donors (Lipinski definition) is 3. The van der Waals surface area contributed by atoms with Crippen molar-refractivity contribution in [3.05, 3.63) is 35.4 Å². The molecule has 0 radical (unpaired) electrons. The first-order valence-electron chi connectivity index (χ1n) is 7.45. The van der Waals surface area contributed by atoms with Gasteiger partial charge in [-0.3, -0.25) is 4.90 Å². The van der Waals surface area contributed by atoms with Crippen molar-refractivity contribution in [3.8, 4) is 0 Å². The van der Waals surface area contributed by atoms with E-state index < -0.39 is 6.10 Å². The maximum atomic E-state index is 10.3. The highest BCUT2D eigenvalue weighted by Crippen LogP contribution is 2.24. The van der Waals surface area contributed by atoms with Gasteiger partial charge in [-0.25, -0.2) is 0 Å². The van der Waals surface area contributed by atoms with Crippen molar-refractivity contribution in [3.63, 3.8) is 0 Å². The standard InChI is InChI=1S/C16H24N2O2S/c1-18(13-4-2-3-5-14(13)19)10-15(20)11-6-8-12(9-7-11)16(17)21/h6-9,13-15,19-20H,2-5,10H2,1H3,(H2,17,21). The van der Waals surface area contributed by atoms with E-state index in [0.717, 1.165) is 36.8 Å². The molecule has 1 aromatic carbocycles. The molecule has 1 aromatic rings. The highest BCUT2D eigenvalue weighted by Gasteiger charge is 2.27. The van der Waals surface area contributed by atoms with E-state index in [1.165, 1.54) is 0 Å². The van der Waals surface area contributed by atoms with Crippen LogP contribution in [0.15, 0.2) is 24.3 Å². The second-order valence-electron chi connectivity index (χ2n) is 5.86. The number of aliphatic hydroxyl groups excluding tert-OH is 2. The van der Waals surface area contributed by atoms with Crippen LogP contribution in [-0.2, 0) is 0 Å². The van der Waals surface area contributed by atoms with Gasteiger partial charge in [0.25, 0.3) is 0 Å². The summed E-state index contributed by atoms with van der Waals surface area (Å²) >= 11 is 4.92. The Morgan fingerprint density at radius 3 is 2.52 bits per heavy atom. The van der Waals surface area contributed by atoms with Crippen LogP contribution in [-0.4, -0.2) is 45.8 Å². The lowest BCUT2D eigenvalue weighted by Crippen LogP contribution is -2.44. The minimum atomic E-state index is -0.579. The van der Waals surface area contributed by atoms with Gasteiger partial charge in [-0.15, -0.1) is 0 Å². The van der Waals surface area contributed by atoms with Crippen LogP contribution in [0.4, 0.5) is 0 Å². The molecule has 1 saturated carbocycles. The Morgan fingerprint density at radius 1 is 1.33 bits per heavy atom. The number of thiocarbonyl (C=S) groups is 1. The number of aliphatic hydroxyl groups is 2. The summed E-state index contributed by atoms with van der Waals surface area (Å²) in [5, 5.41) is 20.4. The zero-order valence-electron chi connectivity index (χ0n) is 12.4. The molecular weight excluding hydrogens is 284 g/mol. The summed E-state index contributed by atoms with van der Waals surface area (Å²) in [6, 6.07) is 7.51. The lowest BCUT2D eigenvalue weighted by Gasteiger charge is -2.36. The van der Waals surface area contributed by atoms with E-state index in [1.807, 2.05) is 31.3 Å². The molecule has 21 heavy (non-hydrogen) atoms. The summed E-state index contributed by atoms with van der Waals surface area (Å²) in [6.07, 6.45) is 3.22. The molecule has 0 aromatic heterocycles. The van der Waals surface area contributed by atoms with Crippen LogP contribution in [0.5, 0.6) is 0 Å². The third-order valence-corrected chi connectivity index (χ3v) is 4.54. The lowest BCUT2D eigenvalue weighted by atomic mass is 9.91. The van der Waals surface area contributed by atoms with E-state index >= 15 is 0 Å². The highest BCUT2D eigenvalue weighted by molar-refractivity contribution is 7.80. The summed E-state index contributed by atoms with van der Waals surface area (Å²) in [4.78, 5) is 2.43. The zero-order valence-corrected chi connectivity index (χ0v) is 13.2. The van der Waals surface area contributed by atoms with Gasteiger partial charge in [0.05, 0.1) is 12.2 Å². The molecule has 4 N–H and O–H groups in total. The summed E-state index contributed by atoms with van der Waals surface area (Å²) < 4.78 is 0. The average molecular weight is 308 g/mol. The molecule has 3 atom stereocenters. The van der Waals surface area contributed by atoms with Gasteiger partial charge in [0.15, 0.2) is 0 Å². The number of rotatable bonds is 5. The smallest absolute Gasteiger partial charge is 0.103 e. The first kappa shape index (κ1) is 16.4. The summed E-state index contributed by atoms with van der Waals surface area (Å²) in [5.41, 5.74) is 7.21. The van der Waals surface area contributed by atoms with E-state index in [2.05, 4.69) is 4.90 Å². The van der Waals surface area contributed by atoms with Crippen molar-refractivity contribution in [2.45, 2.75) is 43.9 Å². The Hall–Kier alpha value is -1.01. The van der Waals surface area contributed by atoms with Crippen LogP contribution < -0.4 is 5.73 Å². The highest BCUT2D eigenvalue weighted by atomic mass is 32.1. The molecule has 1 aliphatic carbocycles. The fraction of sp³-hybridized carbons (Fsp3) is 0.562. The molecule has 0 spiro atoms. The second kappa shape index (κ2) is 7.31. The van der Waals surface area contributed by atoms with Gasteiger partial charge in [-0.1, -0.05) is 49.3 Å². The van der Waals surface area contributed by atoms with Crippen LogP contribution in [0.25, 0.3) is 0 Å². The Labute approximate surface area is 131 Å². The van der Waals surface area contributed by atoms with E-state index in [4.69, 9.17) is 18.0 Å². The fourth-order valence-corrected chi connectivity index (χ4v) is 3.13. The van der Waals surface area contributed by atoms with E-state index in [1.54, 1.807) is 0 Å². The van der Waals surface area contributed by atoms with Gasteiger partial charge in [0, 0.05) is 18.2 Å². The molecule has 0 bridgehead atoms. The molecule has 116 valence electrons. The Kier molecular flexibility index (Phi) is 5.70. The van der Waals surface area contributed by atoms with Crippen molar-refractivity contribution in [2.24, 2.45) is 5.73 Å². The molecule has 2 rings (SSSR count). The summed E-state index contributed by atoms with van der Waals surface area (Å²) in [6.45, 7) is 0.508. The number of hydrogen-bond acceptors (Lipinski definition) is 4. The average Bonchev–Trinajstić information content (AvgIpc) is 2.47. The first-order valence-corrected chi connectivity index (χ1v) is 7.86. The molecular formula is C16H24N2O2S. The predicted molar refractivity (Wildman–Crippen MR) is 88.2 cm³/mol. The van der Waals surface area contributed by atoms with Gasteiger partial charge >= 0.3 is 0 Å². The van der Waals surface area contributed by atoms with Crippen molar-refractivity contribution < 1.29 is 10.2 Å². The number of likely N-dealkylation sites (N-methyl/N-ethyl adjacent to an activating group) is 1. The summed E-state index contributed by atoms with van der Waals surface area (Å²) in [7, 11) is 1.96. The van der Waals surface area contributed by atoms with Crippen molar-refractivity contribution in [1.82, 2.24) is 4.90 Å². The zero-order chi connectivity index (χ0) is 15.4. The molecule has 0 amide bonds. The van der Waals surface area contributed by atoms with Crippen LogP contribution in [0.3, 0.4) is 0 Å². The SMILES string of the molecule is CN(CC(O)c1ccc(C(N)=S)cc1)C1CCCCC1O. The minimum absolute atomic E-state index is 0.143. The van der Waals surface area contributed by atoms with Gasteiger partial charge in [0.1, 0.15) is 4.99 Å². The molecule has 1 fully saturated rings. The van der Waals surface area contributed by atoms with Crippen molar-refractivity contribution >= 4 is 17.2 Å². The molecule has 5 heteroatoms. The topological polar surface area (TPSA) is 69.7 Å². The first-order chi connectivity index (χ1) is 9.99. The molecule has 0 saturated heterocycles. The van der Waals surface area contributed by atoms with Crippen LogP contribution in [0.1, 0.15) is 42.9 Å². The molecule has 3 unspecified atom stereocenters. The van der Waals surface area contributed by atoms with Crippen LogP contribution in [0.2, 0.25) is 0 Å². The largest absolute Gasteiger partial charge is 0.391 e. The van der Waals surface area contributed by atoms with Crippen molar-refractivity contribution in [1.29, 1.82) is 0 Å². The Balaban J connectivity index is 1.96. The minimum Gasteiger partial charge on any atom is -0.391 e. The predicted octanol–water partition coefficient (Wildman–Crippen LogP) is 1.59. The quantitative estimate of drug-likeness (QED) is 0.721. The van der Waals surface area contributed by atoms with E-state index in [9.17, 15) is 10.2 Å². The molecule has 1 aliphatic rings. The maximum absolute atomic E-state index is 10.3. The van der Waals surface area contributed by atoms with Crippen molar-refractivity contribution in [2.75, 3.05) is 13.6 Å². The van der Waals surface area contributed by atoms with Gasteiger partial charge in [0.2, 0.25) is 0 Å². The Bertz CT molecular complexity index is 478. The van der Waals surface area contributed by atoms with E-state index in [0.29, 0.717) is 11.5 Å². The monoisotopic (exact) mass is 308 g/mol. The van der Waals surface area contributed by atoms with Gasteiger partial charge in [-0.05, 0) is 25.5 Å². The third-order valence-electron chi connectivity index (χ3n) is 4.30. The van der Waals surface area contributed by atoms with Crippen LogP contribution >= 0.6 is 12.2 Å². The number of nitrogens with two attached hydrogens (primary N) is 1. The molecule has 0 heterocycles. The number of benzene rings is 1. The van der Waals surface area contributed by atoms with E-state index in [-0.39, 0.29) is 12.1 Å². The lowest BCUT2D eigenvalue weighted by molar-refractivity contribution is 0.0109. The molecule has 0 aliphatic heterocycles. The normalized spacial score (nSPS) is 24.0. The maximum Gasteiger partial charge on any atom is 0.103 e. The Morgan fingerprint density at radius 2 is 1.95 bits per heavy atom. The van der Waals surface area contributed by atoms with Gasteiger partial charge in [-0.2, -0.15) is 0 Å². The number of nitrogens with zero attached hydrogens (tertiary/aromatic N) is 1. The molecule has 4 nitrogen and oxygen atoms in total. The van der Waals surface area contributed by atoms with Crippen LogP contribution in [0, 0.1) is 0 Å². The second-order valence-corrected chi connectivity index (χ2v) is 6.30. The third kappa shape index (κ3) is 4.23. The summed E-state index contributed by atoms with van der Waals surface area (Å²) in [5.74, 6) is 0. The van der Waals surface area contributed by atoms with Gasteiger partial charge < -0.3 is 15.9 Å². The fourth-order valence-electron chi connectivity index (χ4n) is 2.99.